The Hall–Kier alpha value is -2.40. The Balaban J connectivity index is 1.84. The van der Waals surface area contributed by atoms with E-state index >= 15 is 0 Å². The number of rotatable bonds is 4. The van der Waals surface area contributed by atoms with Gasteiger partial charge in [0.15, 0.2) is 0 Å². The molecule has 0 bridgehead atoms. The van der Waals surface area contributed by atoms with E-state index in [0.29, 0.717) is 5.69 Å². The highest BCUT2D eigenvalue weighted by molar-refractivity contribution is 5.89. The van der Waals surface area contributed by atoms with E-state index in [-0.39, 0.29) is 6.54 Å². The van der Waals surface area contributed by atoms with Gasteiger partial charge in [0, 0.05) is 12.2 Å². The lowest BCUT2D eigenvalue weighted by molar-refractivity contribution is 0.175. The second-order valence-electron chi connectivity index (χ2n) is 4.77. The van der Waals surface area contributed by atoms with Gasteiger partial charge in [-0.3, -0.25) is 0 Å². The Morgan fingerprint density at radius 3 is 2.62 bits per heavy atom. The molecule has 0 aliphatic rings. The van der Waals surface area contributed by atoms with Crippen molar-refractivity contribution < 1.29 is 14.3 Å². The van der Waals surface area contributed by atoms with Gasteiger partial charge >= 0.3 is 6.03 Å². The van der Waals surface area contributed by atoms with Gasteiger partial charge in [0.2, 0.25) is 0 Å². The second-order valence-corrected chi connectivity index (χ2v) is 4.77. The fraction of sp³-hybridized carbons (Fsp3) is 0.188. The predicted octanol–water partition coefficient (Wildman–Crippen LogP) is 2.99. The predicted molar refractivity (Wildman–Crippen MR) is 79.6 cm³/mol. The maximum absolute atomic E-state index is 13.0. The van der Waals surface area contributed by atoms with Crippen molar-refractivity contribution in [3.05, 3.63) is 65.5 Å². The van der Waals surface area contributed by atoms with Crippen LogP contribution in [0.1, 0.15) is 17.2 Å². The zero-order valence-corrected chi connectivity index (χ0v) is 11.6. The molecule has 0 saturated carbocycles. The number of carbonyl (C=O) groups is 1. The summed E-state index contributed by atoms with van der Waals surface area (Å²) in [5.74, 6) is -0.424. The van der Waals surface area contributed by atoms with Gasteiger partial charge in [0.25, 0.3) is 0 Å². The Morgan fingerprint density at radius 2 is 1.95 bits per heavy atom. The molecular weight excluding hydrogens is 271 g/mol. The van der Waals surface area contributed by atoms with Crippen molar-refractivity contribution in [3.8, 4) is 0 Å². The molecule has 3 N–H and O–H groups in total. The third-order valence-electron chi connectivity index (χ3n) is 3.00. The Morgan fingerprint density at radius 1 is 1.24 bits per heavy atom. The summed E-state index contributed by atoms with van der Waals surface area (Å²) in [4.78, 5) is 11.7. The molecule has 2 aromatic rings. The number of hydrogen-bond acceptors (Lipinski definition) is 2. The Labute approximate surface area is 122 Å². The Bertz CT molecular complexity index is 614. The van der Waals surface area contributed by atoms with Crippen LogP contribution in [0.25, 0.3) is 0 Å². The van der Waals surface area contributed by atoms with Crippen LogP contribution in [-0.4, -0.2) is 17.7 Å². The van der Waals surface area contributed by atoms with E-state index in [1.807, 2.05) is 31.2 Å². The van der Waals surface area contributed by atoms with Crippen molar-refractivity contribution >= 4 is 11.7 Å². The molecule has 21 heavy (non-hydrogen) atoms. The average Bonchev–Trinajstić information content (AvgIpc) is 2.45. The lowest BCUT2D eigenvalue weighted by atomic mass is 10.1. The molecule has 0 aliphatic heterocycles. The van der Waals surface area contributed by atoms with E-state index in [9.17, 15) is 14.3 Å². The number of hydrogen-bond donors (Lipinski definition) is 3. The maximum atomic E-state index is 13.0. The normalized spacial score (nSPS) is 11.8. The number of anilines is 1. The zero-order valence-electron chi connectivity index (χ0n) is 11.6. The summed E-state index contributed by atoms with van der Waals surface area (Å²) < 4.78 is 13.0. The topological polar surface area (TPSA) is 61.4 Å². The van der Waals surface area contributed by atoms with E-state index in [2.05, 4.69) is 10.6 Å². The van der Waals surface area contributed by atoms with Gasteiger partial charge < -0.3 is 15.7 Å². The second kappa shape index (κ2) is 6.85. The molecule has 0 radical (unpaired) electrons. The van der Waals surface area contributed by atoms with Gasteiger partial charge in [-0.25, -0.2) is 9.18 Å². The largest absolute Gasteiger partial charge is 0.387 e. The average molecular weight is 288 g/mol. The fourth-order valence-corrected chi connectivity index (χ4v) is 1.84. The molecule has 0 aromatic heterocycles. The molecule has 0 fully saturated rings. The summed E-state index contributed by atoms with van der Waals surface area (Å²) in [6.45, 7) is 2.03. The summed E-state index contributed by atoms with van der Waals surface area (Å²) in [6, 6.07) is 12.5. The van der Waals surface area contributed by atoms with E-state index < -0.39 is 18.0 Å². The number of aliphatic hydroxyl groups is 1. The van der Waals surface area contributed by atoms with Crippen LogP contribution in [0, 0.1) is 12.7 Å². The highest BCUT2D eigenvalue weighted by atomic mass is 19.1. The Kier molecular flexibility index (Phi) is 4.90. The number of urea groups is 1. The molecule has 0 saturated heterocycles. The molecule has 0 spiro atoms. The smallest absolute Gasteiger partial charge is 0.319 e. The summed E-state index contributed by atoms with van der Waals surface area (Å²) in [7, 11) is 0. The van der Waals surface area contributed by atoms with E-state index in [1.165, 1.54) is 18.2 Å². The zero-order chi connectivity index (χ0) is 15.2. The third kappa shape index (κ3) is 4.57. The first-order chi connectivity index (χ1) is 10.0. The minimum absolute atomic E-state index is 0.0736. The van der Waals surface area contributed by atoms with Crippen LogP contribution in [0.4, 0.5) is 14.9 Å². The number of aryl methyl sites for hydroxylation is 1. The molecule has 0 aliphatic carbocycles. The number of benzene rings is 2. The number of aliphatic hydroxyl groups excluding tert-OH is 1. The van der Waals surface area contributed by atoms with Crippen molar-refractivity contribution in [2.45, 2.75) is 13.0 Å². The van der Waals surface area contributed by atoms with Gasteiger partial charge in [-0.15, -0.1) is 0 Å². The molecule has 5 heteroatoms. The van der Waals surface area contributed by atoms with Crippen LogP contribution < -0.4 is 10.6 Å². The quantitative estimate of drug-likeness (QED) is 0.810. The first-order valence-electron chi connectivity index (χ1n) is 6.59. The number of amides is 2. The molecule has 110 valence electrons. The standard InChI is InChI=1S/C16H17FN2O2/c1-11-5-7-12(8-6-11)15(20)10-18-16(21)19-14-4-2-3-13(17)9-14/h2-9,15,20H,10H2,1H3,(H2,18,19,21)/t15-/m0/s1. The minimum atomic E-state index is -0.788. The molecule has 0 unspecified atom stereocenters. The van der Waals surface area contributed by atoms with Crippen LogP contribution in [0.5, 0.6) is 0 Å². The molecular formula is C16H17FN2O2. The monoisotopic (exact) mass is 288 g/mol. The van der Waals surface area contributed by atoms with Crippen molar-refractivity contribution in [2.24, 2.45) is 0 Å². The first kappa shape index (κ1) is 15.0. The summed E-state index contributed by atoms with van der Waals surface area (Å²) in [5.41, 5.74) is 2.19. The van der Waals surface area contributed by atoms with Crippen LogP contribution in [0.3, 0.4) is 0 Å². The summed E-state index contributed by atoms with van der Waals surface area (Å²) in [5, 5.41) is 15.0. The van der Waals surface area contributed by atoms with Gasteiger partial charge in [0.1, 0.15) is 5.82 Å². The molecule has 2 aromatic carbocycles. The van der Waals surface area contributed by atoms with E-state index in [4.69, 9.17) is 0 Å². The maximum Gasteiger partial charge on any atom is 0.319 e. The summed E-state index contributed by atoms with van der Waals surface area (Å²) >= 11 is 0. The van der Waals surface area contributed by atoms with Crippen LogP contribution in [-0.2, 0) is 0 Å². The molecule has 1 atom stereocenters. The lowest BCUT2D eigenvalue weighted by Crippen LogP contribution is -2.32. The van der Waals surface area contributed by atoms with Crippen LogP contribution >= 0.6 is 0 Å². The molecule has 4 nitrogen and oxygen atoms in total. The van der Waals surface area contributed by atoms with Gasteiger partial charge in [0.05, 0.1) is 6.10 Å². The van der Waals surface area contributed by atoms with E-state index in [1.54, 1.807) is 6.07 Å². The van der Waals surface area contributed by atoms with Crippen LogP contribution in [0.2, 0.25) is 0 Å². The van der Waals surface area contributed by atoms with Gasteiger partial charge in [-0.2, -0.15) is 0 Å². The first-order valence-corrected chi connectivity index (χ1v) is 6.59. The molecule has 2 amide bonds. The molecule has 0 heterocycles. The van der Waals surface area contributed by atoms with Crippen molar-refractivity contribution in [3.63, 3.8) is 0 Å². The SMILES string of the molecule is Cc1ccc([C@@H](O)CNC(=O)Nc2cccc(F)c2)cc1. The third-order valence-corrected chi connectivity index (χ3v) is 3.00. The van der Waals surface area contributed by atoms with Crippen molar-refractivity contribution in [2.75, 3.05) is 11.9 Å². The number of nitrogens with one attached hydrogen (secondary N) is 2. The number of halogens is 1. The fourth-order valence-electron chi connectivity index (χ4n) is 1.84. The highest BCUT2D eigenvalue weighted by Crippen LogP contribution is 2.13. The van der Waals surface area contributed by atoms with Crippen LogP contribution in [0.15, 0.2) is 48.5 Å². The van der Waals surface area contributed by atoms with E-state index in [0.717, 1.165) is 11.1 Å². The highest BCUT2D eigenvalue weighted by Gasteiger charge is 2.09. The molecule has 2 rings (SSSR count). The minimum Gasteiger partial charge on any atom is -0.387 e. The van der Waals surface area contributed by atoms with Crippen molar-refractivity contribution in [1.82, 2.24) is 5.32 Å². The van der Waals surface area contributed by atoms with Crippen molar-refractivity contribution in [1.29, 1.82) is 0 Å². The number of carbonyl (C=O) groups excluding carboxylic acids is 1. The summed E-state index contributed by atoms with van der Waals surface area (Å²) in [6.07, 6.45) is -0.788. The van der Waals surface area contributed by atoms with Gasteiger partial charge in [-0.1, -0.05) is 35.9 Å². The van der Waals surface area contributed by atoms with Gasteiger partial charge in [-0.05, 0) is 30.7 Å². The lowest BCUT2D eigenvalue weighted by Gasteiger charge is -2.13.